The zero-order valence-corrected chi connectivity index (χ0v) is 14.7. The number of benzene rings is 2. The molecule has 1 aromatic heterocycles. The minimum Gasteiger partial charge on any atom is -0.345 e. The van der Waals surface area contributed by atoms with Crippen LogP contribution >= 0.6 is 31.9 Å². The largest absolute Gasteiger partial charge is 0.345 e. The average molecular weight is 406 g/mol. The van der Waals surface area contributed by atoms with Crippen LogP contribution in [-0.4, -0.2) is 9.97 Å². The monoisotopic (exact) mass is 404 g/mol. The molecule has 0 fully saturated rings. The van der Waals surface area contributed by atoms with Crippen LogP contribution in [0.5, 0.6) is 0 Å². The van der Waals surface area contributed by atoms with E-state index in [9.17, 15) is 0 Å². The van der Waals surface area contributed by atoms with Crippen LogP contribution in [-0.2, 0) is 6.42 Å². The molecule has 0 aliphatic rings. The Balaban J connectivity index is 1.89. The third kappa shape index (κ3) is 3.44. The lowest BCUT2D eigenvalue weighted by Crippen LogP contribution is -1.90. The molecular weight excluding hydrogens is 392 g/mol. The fourth-order valence-corrected chi connectivity index (χ4v) is 3.05. The molecule has 3 rings (SSSR count). The predicted molar refractivity (Wildman–Crippen MR) is 93.4 cm³/mol. The number of aryl methyl sites for hydroxylation is 1. The highest BCUT2D eigenvalue weighted by Gasteiger charge is 2.09. The summed E-state index contributed by atoms with van der Waals surface area (Å²) in [6, 6.07) is 16.6. The van der Waals surface area contributed by atoms with Gasteiger partial charge in [-0.05, 0) is 36.8 Å². The van der Waals surface area contributed by atoms with Gasteiger partial charge in [-0.25, -0.2) is 4.98 Å². The molecule has 0 atom stereocenters. The molecule has 0 aliphatic heterocycles. The molecule has 0 unspecified atom stereocenters. The highest BCUT2D eigenvalue weighted by atomic mass is 79.9. The van der Waals surface area contributed by atoms with Crippen LogP contribution in [0.4, 0.5) is 0 Å². The summed E-state index contributed by atoms with van der Waals surface area (Å²) in [4.78, 5) is 8.14. The zero-order chi connectivity index (χ0) is 14.8. The van der Waals surface area contributed by atoms with Gasteiger partial charge >= 0.3 is 0 Å². The molecule has 0 amide bonds. The summed E-state index contributed by atoms with van der Waals surface area (Å²) in [5, 5.41) is 0. The van der Waals surface area contributed by atoms with E-state index in [4.69, 9.17) is 4.98 Å². The quantitative estimate of drug-likeness (QED) is 0.612. The van der Waals surface area contributed by atoms with Gasteiger partial charge in [0.25, 0.3) is 0 Å². The van der Waals surface area contributed by atoms with Crippen molar-refractivity contribution < 1.29 is 0 Å². The van der Waals surface area contributed by atoms with E-state index in [0.29, 0.717) is 0 Å². The van der Waals surface area contributed by atoms with E-state index in [1.165, 1.54) is 5.56 Å². The second-order valence-corrected chi connectivity index (χ2v) is 6.80. The number of hydrogen-bond acceptors (Lipinski definition) is 1. The lowest BCUT2D eigenvalue weighted by molar-refractivity contribution is 1.02. The van der Waals surface area contributed by atoms with Gasteiger partial charge in [-0.3, -0.25) is 0 Å². The minimum atomic E-state index is 0.802. The molecule has 0 bridgehead atoms. The van der Waals surface area contributed by atoms with E-state index in [2.05, 4.69) is 68.0 Å². The first kappa shape index (κ1) is 14.5. The summed E-state index contributed by atoms with van der Waals surface area (Å²) in [6.07, 6.45) is 0.802. The lowest BCUT2D eigenvalue weighted by Gasteiger charge is -1.99. The van der Waals surface area contributed by atoms with Crippen LogP contribution in [0, 0.1) is 6.92 Å². The highest BCUT2D eigenvalue weighted by Crippen LogP contribution is 2.24. The number of aromatic nitrogens is 2. The van der Waals surface area contributed by atoms with E-state index in [1.54, 1.807) is 0 Å². The topological polar surface area (TPSA) is 28.7 Å². The van der Waals surface area contributed by atoms with Crippen molar-refractivity contribution in [2.24, 2.45) is 0 Å². The maximum atomic E-state index is 4.75. The Labute approximate surface area is 140 Å². The Morgan fingerprint density at radius 2 is 1.76 bits per heavy atom. The van der Waals surface area contributed by atoms with Gasteiger partial charge in [0.1, 0.15) is 5.82 Å². The molecule has 21 heavy (non-hydrogen) atoms. The van der Waals surface area contributed by atoms with Gasteiger partial charge in [-0.2, -0.15) is 0 Å². The van der Waals surface area contributed by atoms with Crippen molar-refractivity contribution in [3.8, 4) is 11.3 Å². The molecule has 2 nitrogen and oxygen atoms in total. The average Bonchev–Trinajstić information content (AvgIpc) is 2.80. The Bertz CT molecular complexity index is 761. The number of H-pyrrole nitrogens is 1. The third-order valence-electron chi connectivity index (χ3n) is 3.31. The van der Waals surface area contributed by atoms with E-state index in [1.807, 2.05) is 24.3 Å². The number of imidazole rings is 1. The Morgan fingerprint density at radius 1 is 1.00 bits per heavy atom. The van der Waals surface area contributed by atoms with Crippen molar-refractivity contribution in [1.82, 2.24) is 9.97 Å². The van der Waals surface area contributed by atoms with E-state index in [0.717, 1.165) is 38.1 Å². The summed E-state index contributed by atoms with van der Waals surface area (Å²) in [5.74, 6) is 0.989. The van der Waals surface area contributed by atoms with Crippen molar-refractivity contribution in [2.45, 2.75) is 13.3 Å². The smallest absolute Gasteiger partial charge is 0.111 e. The molecule has 0 aliphatic carbocycles. The number of aromatic amines is 1. The molecule has 4 heteroatoms. The summed E-state index contributed by atoms with van der Waals surface area (Å²) in [6.45, 7) is 2.06. The molecule has 0 radical (unpaired) electrons. The van der Waals surface area contributed by atoms with E-state index >= 15 is 0 Å². The van der Waals surface area contributed by atoms with Crippen LogP contribution in [0.25, 0.3) is 11.3 Å². The van der Waals surface area contributed by atoms with Crippen molar-refractivity contribution in [2.75, 3.05) is 0 Å². The SMILES string of the molecule is Cc1[nH]c(Cc2cccc(Br)c2)nc1-c1ccc(Br)cc1. The zero-order valence-electron chi connectivity index (χ0n) is 11.5. The Hall–Kier alpha value is -1.39. The van der Waals surface area contributed by atoms with Gasteiger partial charge in [-0.15, -0.1) is 0 Å². The van der Waals surface area contributed by atoms with Crippen LogP contribution in [0.1, 0.15) is 17.1 Å². The van der Waals surface area contributed by atoms with Gasteiger partial charge in [0.05, 0.1) is 5.69 Å². The molecule has 1 N–H and O–H groups in total. The maximum absolute atomic E-state index is 4.75. The van der Waals surface area contributed by atoms with Crippen molar-refractivity contribution in [1.29, 1.82) is 0 Å². The molecule has 3 aromatic rings. The molecule has 106 valence electrons. The summed E-state index contributed by atoms with van der Waals surface area (Å²) < 4.78 is 2.17. The van der Waals surface area contributed by atoms with Crippen LogP contribution in [0.3, 0.4) is 0 Å². The first-order chi connectivity index (χ1) is 10.1. The van der Waals surface area contributed by atoms with Crippen molar-refractivity contribution in [3.63, 3.8) is 0 Å². The molecule has 1 heterocycles. The maximum Gasteiger partial charge on any atom is 0.111 e. The number of nitrogens with one attached hydrogen (secondary N) is 1. The fourth-order valence-electron chi connectivity index (χ4n) is 2.34. The first-order valence-corrected chi connectivity index (χ1v) is 8.26. The van der Waals surface area contributed by atoms with Crippen molar-refractivity contribution >= 4 is 31.9 Å². The number of hydrogen-bond donors (Lipinski definition) is 1. The van der Waals surface area contributed by atoms with Crippen LogP contribution < -0.4 is 0 Å². The summed E-state index contributed by atoms with van der Waals surface area (Å²) >= 11 is 6.96. The van der Waals surface area contributed by atoms with Crippen molar-refractivity contribution in [3.05, 3.63) is 74.6 Å². The van der Waals surface area contributed by atoms with Crippen LogP contribution in [0.15, 0.2) is 57.5 Å². The van der Waals surface area contributed by atoms with E-state index < -0.39 is 0 Å². The molecular formula is C17H14Br2N2. The normalized spacial score (nSPS) is 10.8. The number of rotatable bonds is 3. The first-order valence-electron chi connectivity index (χ1n) is 6.68. The lowest BCUT2D eigenvalue weighted by atomic mass is 10.1. The molecule has 0 spiro atoms. The fraction of sp³-hybridized carbons (Fsp3) is 0.118. The molecule has 0 saturated heterocycles. The van der Waals surface area contributed by atoms with Crippen LogP contribution in [0.2, 0.25) is 0 Å². The van der Waals surface area contributed by atoms with Gasteiger partial charge in [0.2, 0.25) is 0 Å². The Kier molecular flexibility index (Phi) is 4.27. The molecule has 0 saturated carbocycles. The summed E-state index contributed by atoms with van der Waals surface area (Å²) in [7, 11) is 0. The van der Waals surface area contributed by atoms with E-state index in [-0.39, 0.29) is 0 Å². The second-order valence-electron chi connectivity index (χ2n) is 4.97. The Morgan fingerprint density at radius 3 is 2.48 bits per heavy atom. The molecule has 2 aromatic carbocycles. The van der Waals surface area contributed by atoms with Gasteiger partial charge in [-0.1, -0.05) is 56.1 Å². The minimum absolute atomic E-state index is 0.802. The van der Waals surface area contributed by atoms with Gasteiger partial charge in [0, 0.05) is 26.6 Å². The number of halogens is 2. The predicted octanol–water partition coefficient (Wildman–Crippen LogP) is 5.50. The highest BCUT2D eigenvalue weighted by molar-refractivity contribution is 9.10. The summed E-state index contributed by atoms with van der Waals surface area (Å²) in [5.41, 5.74) is 4.49. The third-order valence-corrected chi connectivity index (χ3v) is 4.33. The standard InChI is InChI=1S/C17H14Br2N2/c1-11-17(13-5-7-14(18)8-6-13)21-16(20-11)10-12-3-2-4-15(19)9-12/h2-9H,10H2,1H3,(H,20,21). The second kappa shape index (κ2) is 6.16. The van der Waals surface area contributed by atoms with Gasteiger partial charge in [0.15, 0.2) is 0 Å². The van der Waals surface area contributed by atoms with Gasteiger partial charge < -0.3 is 4.98 Å². The number of nitrogens with zero attached hydrogens (tertiary/aromatic N) is 1.